The smallest absolute Gasteiger partial charge is 0.397 e. The van der Waals surface area contributed by atoms with Crippen molar-refractivity contribution in [3.63, 3.8) is 0 Å². The molecule has 0 atom stereocenters. The van der Waals surface area contributed by atoms with Crippen LogP contribution in [-0.4, -0.2) is 33.2 Å². The van der Waals surface area contributed by atoms with Crippen LogP contribution < -0.4 is 5.32 Å². The fourth-order valence-corrected chi connectivity index (χ4v) is 0.759. The lowest BCUT2D eigenvalue weighted by Gasteiger charge is -2.02. The van der Waals surface area contributed by atoms with Crippen LogP contribution in [0, 0.1) is 0 Å². The van der Waals surface area contributed by atoms with Crippen molar-refractivity contribution < 1.29 is 14.3 Å². The Labute approximate surface area is 80.1 Å². The summed E-state index contributed by atoms with van der Waals surface area (Å²) < 4.78 is 5.81. The summed E-state index contributed by atoms with van der Waals surface area (Å²) in [6, 6.07) is 0. The number of aromatic nitrogens is 3. The number of esters is 1. The van der Waals surface area contributed by atoms with Crippen LogP contribution >= 0.6 is 0 Å². The first-order valence-electron chi connectivity index (χ1n) is 3.97. The number of hydrogen-bond donors (Lipinski definition) is 1. The monoisotopic (exact) mass is 198 g/mol. The quantitative estimate of drug-likeness (QED) is 0.502. The summed E-state index contributed by atoms with van der Waals surface area (Å²) >= 11 is 0. The van der Waals surface area contributed by atoms with E-state index in [-0.39, 0.29) is 12.6 Å². The normalized spacial score (nSPS) is 9.57. The van der Waals surface area contributed by atoms with E-state index >= 15 is 0 Å². The van der Waals surface area contributed by atoms with Gasteiger partial charge in [-0.1, -0.05) is 0 Å². The van der Waals surface area contributed by atoms with Crippen molar-refractivity contribution in [1.82, 2.24) is 14.8 Å². The lowest BCUT2D eigenvalue weighted by atomic mass is 10.6. The fourth-order valence-electron chi connectivity index (χ4n) is 0.759. The van der Waals surface area contributed by atoms with Crippen molar-refractivity contribution in [2.75, 3.05) is 11.9 Å². The Morgan fingerprint density at radius 3 is 2.86 bits per heavy atom. The number of anilines is 1. The van der Waals surface area contributed by atoms with E-state index in [0.29, 0.717) is 0 Å². The zero-order valence-electron chi connectivity index (χ0n) is 7.85. The van der Waals surface area contributed by atoms with Crippen LogP contribution in [0.1, 0.15) is 6.92 Å². The molecular weight excluding hydrogens is 188 g/mol. The molecule has 1 aromatic heterocycles. The predicted molar refractivity (Wildman–Crippen MR) is 46.3 cm³/mol. The Morgan fingerprint density at radius 1 is 1.64 bits per heavy atom. The molecule has 0 spiro atoms. The Morgan fingerprint density at radius 2 is 2.36 bits per heavy atom. The molecular formula is C7H10N4O3. The first kappa shape index (κ1) is 10.2. The van der Waals surface area contributed by atoms with E-state index in [2.05, 4.69) is 20.1 Å². The third kappa shape index (κ3) is 2.28. The van der Waals surface area contributed by atoms with Crippen molar-refractivity contribution in [3.8, 4) is 0 Å². The van der Waals surface area contributed by atoms with Crippen LogP contribution in [0.2, 0.25) is 0 Å². The molecule has 7 nitrogen and oxygen atoms in total. The molecule has 0 aliphatic rings. The molecule has 0 saturated carbocycles. The van der Waals surface area contributed by atoms with Crippen LogP contribution in [-0.2, 0) is 21.4 Å². The number of aryl methyl sites for hydroxylation is 1. The molecule has 0 aromatic carbocycles. The summed E-state index contributed by atoms with van der Waals surface area (Å²) in [5.74, 6) is -1.60. The van der Waals surface area contributed by atoms with Gasteiger partial charge in [0.25, 0.3) is 0 Å². The van der Waals surface area contributed by atoms with Crippen molar-refractivity contribution >= 4 is 17.8 Å². The summed E-state index contributed by atoms with van der Waals surface area (Å²) in [7, 11) is 1.59. The number of carbonyl (C=O) groups is 2. The maximum atomic E-state index is 11.1. The van der Waals surface area contributed by atoms with Crippen molar-refractivity contribution in [1.29, 1.82) is 0 Å². The maximum Gasteiger partial charge on any atom is 0.397 e. The van der Waals surface area contributed by atoms with Gasteiger partial charge >= 0.3 is 11.9 Å². The maximum absolute atomic E-state index is 11.1. The van der Waals surface area contributed by atoms with E-state index < -0.39 is 11.9 Å². The van der Waals surface area contributed by atoms with Crippen LogP contribution in [0.15, 0.2) is 6.33 Å². The van der Waals surface area contributed by atoms with Gasteiger partial charge in [-0.05, 0) is 6.92 Å². The molecule has 0 bridgehead atoms. The Hall–Kier alpha value is -1.92. The number of carbonyl (C=O) groups excluding carboxylic acids is 2. The Balaban J connectivity index is 2.57. The fraction of sp³-hybridized carbons (Fsp3) is 0.429. The standard InChI is InChI=1S/C7H10N4O3/c1-3-14-6(13)5(12)10-7-8-4-9-11(7)2/h4H,3H2,1-2H3,(H,8,9,10,12). The van der Waals surface area contributed by atoms with Crippen molar-refractivity contribution in [3.05, 3.63) is 6.33 Å². The molecule has 0 aliphatic carbocycles. The summed E-state index contributed by atoms with van der Waals surface area (Å²) in [4.78, 5) is 25.7. The second kappa shape index (κ2) is 4.35. The second-order valence-electron chi connectivity index (χ2n) is 2.38. The van der Waals surface area contributed by atoms with Gasteiger partial charge in [-0.2, -0.15) is 10.1 Å². The first-order chi connectivity index (χ1) is 6.65. The highest BCUT2D eigenvalue weighted by Crippen LogP contribution is 1.97. The minimum absolute atomic E-state index is 0.158. The van der Waals surface area contributed by atoms with Crippen LogP contribution in [0.3, 0.4) is 0 Å². The summed E-state index contributed by atoms with van der Waals surface area (Å²) in [5.41, 5.74) is 0. The highest BCUT2D eigenvalue weighted by atomic mass is 16.5. The van der Waals surface area contributed by atoms with Crippen molar-refractivity contribution in [2.45, 2.75) is 6.92 Å². The number of rotatable bonds is 2. The van der Waals surface area contributed by atoms with E-state index in [1.165, 1.54) is 11.0 Å². The third-order valence-electron chi connectivity index (χ3n) is 1.40. The van der Waals surface area contributed by atoms with Gasteiger partial charge in [0, 0.05) is 7.05 Å². The third-order valence-corrected chi connectivity index (χ3v) is 1.40. The molecule has 14 heavy (non-hydrogen) atoms. The van der Waals surface area contributed by atoms with Gasteiger partial charge in [0.15, 0.2) is 0 Å². The molecule has 1 aromatic rings. The topological polar surface area (TPSA) is 86.1 Å². The number of nitrogens with one attached hydrogen (secondary N) is 1. The van der Waals surface area contributed by atoms with E-state index in [1.54, 1.807) is 14.0 Å². The minimum atomic E-state index is -0.935. The van der Waals surface area contributed by atoms with Gasteiger partial charge in [-0.25, -0.2) is 9.48 Å². The van der Waals surface area contributed by atoms with Crippen LogP contribution in [0.5, 0.6) is 0 Å². The van der Waals surface area contributed by atoms with Crippen LogP contribution in [0.4, 0.5) is 5.95 Å². The van der Waals surface area contributed by atoms with Gasteiger partial charge < -0.3 is 4.74 Å². The van der Waals surface area contributed by atoms with Crippen molar-refractivity contribution in [2.24, 2.45) is 7.05 Å². The summed E-state index contributed by atoms with van der Waals surface area (Å²) in [6.07, 6.45) is 1.26. The van der Waals surface area contributed by atoms with Gasteiger partial charge in [-0.15, -0.1) is 0 Å². The first-order valence-corrected chi connectivity index (χ1v) is 3.97. The summed E-state index contributed by atoms with van der Waals surface area (Å²) in [6.45, 7) is 1.78. The Bertz CT molecular complexity index is 346. The molecule has 0 radical (unpaired) electrons. The zero-order valence-corrected chi connectivity index (χ0v) is 7.85. The second-order valence-corrected chi connectivity index (χ2v) is 2.38. The molecule has 0 fully saturated rings. The average molecular weight is 198 g/mol. The van der Waals surface area contributed by atoms with E-state index in [4.69, 9.17) is 0 Å². The van der Waals surface area contributed by atoms with Gasteiger partial charge in [0.2, 0.25) is 5.95 Å². The molecule has 7 heteroatoms. The molecule has 0 aliphatic heterocycles. The molecule has 1 rings (SSSR count). The number of nitrogens with zero attached hydrogens (tertiary/aromatic N) is 3. The molecule has 1 N–H and O–H groups in total. The number of amides is 1. The molecule has 1 amide bonds. The highest BCUT2D eigenvalue weighted by molar-refractivity contribution is 6.37. The van der Waals surface area contributed by atoms with E-state index in [0.717, 1.165) is 0 Å². The predicted octanol–water partition coefficient (Wildman–Crippen LogP) is -0.683. The zero-order chi connectivity index (χ0) is 10.6. The number of hydrogen-bond acceptors (Lipinski definition) is 5. The van der Waals surface area contributed by atoms with Crippen LogP contribution in [0.25, 0.3) is 0 Å². The minimum Gasteiger partial charge on any atom is -0.459 e. The lowest BCUT2D eigenvalue weighted by Crippen LogP contribution is -2.26. The van der Waals surface area contributed by atoms with Gasteiger partial charge in [0.1, 0.15) is 6.33 Å². The lowest BCUT2D eigenvalue weighted by molar-refractivity contribution is -0.152. The highest BCUT2D eigenvalue weighted by Gasteiger charge is 2.16. The molecule has 76 valence electrons. The van der Waals surface area contributed by atoms with Gasteiger partial charge in [-0.3, -0.25) is 10.1 Å². The van der Waals surface area contributed by atoms with E-state index in [1.807, 2.05) is 0 Å². The van der Waals surface area contributed by atoms with E-state index in [9.17, 15) is 9.59 Å². The molecule has 1 heterocycles. The number of ether oxygens (including phenoxy) is 1. The largest absolute Gasteiger partial charge is 0.459 e. The molecule has 0 saturated heterocycles. The summed E-state index contributed by atoms with van der Waals surface area (Å²) in [5, 5.41) is 5.96. The van der Waals surface area contributed by atoms with Gasteiger partial charge in [0.05, 0.1) is 6.61 Å². The molecule has 0 unspecified atom stereocenters. The SMILES string of the molecule is CCOC(=O)C(=O)Nc1ncnn1C. The Kier molecular flexibility index (Phi) is 3.16. The average Bonchev–Trinajstić information content (AvgIpc) is 2.52.